The van der Waals surface area contributed by atoms with E-state index < -0.39 is 0 Å². The maximum atomic E-state index is 12.5. The SMILES string of the molecule is Cl.Cl.O=C([C@H]1CCCCN1)N1CCN(c2nc3ccccc3o2)CC1. The van der Waals surface area contributed by atoms with Gasteiger partial charge in [-0.15, -0.1) is 24.8 Å². The van der Waals surface area contributed by atoms with Crippen molar-refractivity contribution in [3.63, 3.8) is 0 Å². The molecule has 0 aliphatic carbocycles. The highest BCUT2D eigenvalue weighted by Crippen LogP contribution is 2.23. The van der Waals surface area contributed by atoms with E-state index in [0.29, 0.717) is 6.01 Å². The number of carbonyl (C=O) groups is 1. The quantitative estimate of drug-likeness (QED) is 0.858. The summed E-state index contributed by atoms with van der Waals surface area (Å²) in [6.45, 7) is 3.96. The molecule has 138 valence electrons. The van der Waals surface area contributed by atoms with Gasteiger partial charge < -0.3 is 19.5 Å². The Morgan fingerprint density at radius 1 is 1.12 bits per heavy atom. The summed E-state index contributed by atoms with van der Waals surface area (Å²) < 4.78 is 5.82. The number of carbonyl (C=O) groups excluding carboxylic acids is 1. The molecule has 6 nitrogen and oxygen atoms in total. The predicted molar refractivity (Wildman–Crippen MR) is 103 cm³/mol. The number of piperidine rings is 1. The average Bonchev–Trinajstić information content (AvgIpc) is 3.06. The molecule has 1 atom stereocenters. The Morgan fingerprint density at radius 2 is 1.88 bits per heavy atom. The summed E-state index contributed by atoms with van der Waals surface area (Å²) in [6.07, 6.45) is 3.28. The highest BCUT2D eigenvalue weighted by atomic mass is 35.5. The van der Waals surface area contributed by atoms with Crippen LogP contribution < -0.4 is 10.2 Å². The minimum absolute atomic E-state index is 0. The van der Waals surface area contributed by atoms with Gasteiger partial charge in [-0.05, 0) is 31.5 Å². The van der Waals surface area contributed by atoms with Gasteiger partial charge in [0.15, 0.2) is 5.58 Å². The first-order valence-electron chi connectivity index (χ1n) is 8.44. The summed E-state index contributed by atoms with van der Waals surface area (Å²) in [4.78, 5) is 21.2. The predicted octanol–water partition coefficient (Wildman–Crippen LogP) is 2.46. The third-order valence-corrected chi connectivity index (χ3v) is 4.75. The average molecular weight is 387 g/mol. The smallest absolute Gasteiger partial charge is 0.298 e. The summed E-state index contributed by atoms with van der Waals surface area (Å²) in [7, 11) is 0. The number of para-hydroxylation sites is 2. The second-order valence-corrected chi connectivity index (χ2v) is 6.28. The molecule has 2 aromatic rings. The number of halogens is 2. The van der Waals surface area contributed by atoms with Gasteiger partial charge in [0.25, 0.3) is 6.01 Å². The fourth-order valence-electron chi connectivity index (χ4n) is 3.40. The first-order chi connectivity index (χ1) is 11.3. The number of oxazole rings is 1. The lowest BCUT2D eigenvalue weighted by molar-refractivity contribution is -0.134. The molecule has 2 saturated heterocycles. The van der Waals surface area contributed by atoms with Crippen LogP contribution in [0.4, 0.5) is 6.01 Å². The standard InChI is InChI=1S/C17H22N4O2.2ClH/c22-16(14-6-3-4-8-18-14)20-9-11-21(12-10-20)17-19-13-5-1-2-7-15(13)23-17;;/h1-2,5,7,14,18H,3-4,6,8-12H2;2*1H/t14-;;/m1../s1. The first-order valence-corrected chi connectivity index (χ1v) is 8.44. The van der Waals surface area contributed by atoms with E-state index in [1.807, 2.05) is 29.2 Å². The number of nitrogens with zero attached hydrogens (tertiary/aromatic N) is 3. The van der Waals surface area contributed by atoms with Gasteiger partial charge in [0.1, 0.15) is 5.52 Å². The number of fused-ring (bicyclic) bond motifs is 1. The third kappa shape index (κ3) is 4.19. The Balaban J connectivity index is 0.00000113. The molecule has 3 heterocycles. The zero-order valence-electron chi connectivity index (χ0n) is 14.0. The van der Waals surface area contributed by atoms with Gasteiger partial charge in [0.05, 0.1) is 6.04 Å². The topological polar surface area (TPSA) is 61.6 Å². The molecular weight excluding hydrogens is 363 g/mol. The van der Waals surface area contributed by atoms with E-state index in [1.165, 1.54) is 6.42 Å². The van der Waals surface area contributed by atoms with Crippen molar-refractivity contribution in [1.29, 1.82) is 0 Å². The molecule has 0 spiro atoms. The van der Waals surface area contributed by atoms with Crippen LogP contribution in [0.5, 0.6) is 0 Å². The van der Waals surface area contributed by atoms with Crippen LogP contribution >= 0.6 is 24.8 Å². The highest BCUT2D eigenvalue weighted by Gasteiger charge is 2.29. The van der Waals surface area contributed by atoms with E-state index >= 15 is 0 Å². The number of hydrogen-bond acceptors (Lipinski definition) is 5. The third-order valence-electron chi connectivity index (χ3n) is 4.75. The Kier molecular flexibility index (Phi) is 6.93. The summed E-state index contributed by atoms with van der Waals surface area (Å²) in [6, 6.07) is 8.47. The molecule has 0 unspecified atom stereocenters. The van der Waals surface area contributed by atoms with Gasteiger partial charge in [-0.2, -0.15) is 4.98 Å². The fraction of sp³-hybridized carbons (Fsp3) is 0.529. The van der Waals surface area contributed by atoms with Gasteiger partial charge in [-0.1, -0.05) is 18.6 Å². The zero-order valence-corrected chi connectivity index (χ0v) is 15.7. The van der Waals surface area contributed by atoms with Gasteiger partial charge in [-0.3, -0.25) is 4.79 Å². The molecule has 1 aromatic heterocycles. The molecule has 2 fully saturated rings. The molecule has 4 rings (SSSR count). The Labute approximate surface area is 159 Å². The van der Waals surface area contributed by atoms with Gasteiger partial charge in [0.2, 0.25) is 5.91 Å². The van der Waals surface area contributed by atoms with E-state index in [9.17, 15) is 4.79 Å². The highest BCUT2D eigenvalue weighted by molar-refractivity contribution is 5.85. The molecule has 1 aromatic carbocycles. The largest absolute Gasteiger partial charge is 0.423 e. The van der Waals surface area contributed by atoms with E-state index in [-0.39, 0.29) is 36.8 Å². The number of benzene rings is 1. The first kappa shape index (κ1) is 19.8. The Hall–Kier alpha value is -1.50. The van der Waals surface area contributed by atoms with Gasteiger partial charge in [-0.25, -0.2) is 0 Å². The van der Waals surface area contributed by atoms with Crippen molar-refractivity contribution in [1.82, 2.24) is 15.2 Å². The van der Waals surface area contributed by atoms with E-state index in [1.54, 1.807) is 0 Å². The van der Waals surface area contributed by atoms with Gasteiger partial charge in [0, 0.05) is 26.2 Å². The number of aromatic nitrogens is 1. The van der Waals surface area contributed by atoms with Crippen molar-refractivity contribution in [2.45, 2.75) is 25.3 Å². The molecule has 0 bridgehead atoms. The number of nitrogens with one attached hydrogen (secondary N) is 1. The molecule has 25 heavy (non-hydrogen) atoms. The van der Waals surface area contributed by atoms with Crippen molar-refractivity contribution in [3.8, 4) is 0 Å². The van der Waals surface area contributed by atoms with Crippen LogP contribution in [-0.2, 0) is 4.79 Å². The summed E-state index contributed by atoms with van der Waals surface area (Å²) >= 11 is 0. The lowest BCUT2D eigenvalue weighted by Crippen LogP contribution is -2.55. The van der Waals surface area contributed by atoms with Crippen molar-refractivity contribution in [3.05, 3.63) is 24.3 Å². The molecular formula is C17H24Cl2N4O2. The van der Waals surface area contributed by atoms with Crippen LogP contribution in [0.2, 0.25) is 0 Å². The van der Waals surface area contributed by atoms with Crippen LogP contribution in [-0.4, -0.2) is 54.6 Å². The Bertz CT molecular complexity index is 662. The minimum Gasteiger partial charge on any atom is -0.423 e. The van der Waals surface area contributed by atoms with E-state index in [2.05, 4.69) is 15.2 Å². The van der Waals surface area contributed by atoms with Crippen LogP contribution in [0.15, 0.2) is 28.7 Å². The van der Waals surface area contributed by atoms with E-state index in [4.69, 9.17) is 4.42 Å². The van der Waals surface area contributed by atoms with Crippen molar-refractivity contribution in [2.24, 2.45) is 0 Å². The van der Waals surface area contributed by atoms with Crippen molar-refractivity contribution in [2.75, 3.05) is 37.6 Å². The van der Waals surface area contributed by atoms with Crippen molar-refractivity contribution < 1.29 is 9.21 Å². The summed E-state index contributed by atoms with van der Waals surface area (Å²) in [5.41, 5.74) is 1.69. The molecule has 2 aliphatic heterocycles. The molecule has 2 aliphatic rings. The maximum Gasteiger partial charge on any atom is 0.298 e. The number of hydrogen-bond donors (Lipinski definition) is 1. The van der Waals surface area contributed by atoms with Crippen LogP contribution in [0.3, 0.4) is 0 Å². The Morgan fingerprint density at radius 3 is 2.56 bits per heavy atom. The number of anilines is 1. The van der Waals surface area contributed by atoms with Crippen LogP contribution in [0.25, 0.3) is 11.1 Å². The number of piperazine rings is 1. The van der Waals surface area contributed by atoms with E-state index in [0.717, 1.165) is 56.7 Å². The molecule has 1 amide bonds. The second-order valence-electron chi connectivity index (χ2n) is 6.28. The molecule has 0 saturated carbocycles. The zero-order chi connectivity index (χ0) is 15.6. The number of rotatable bonds is 2. The second kappa shape index (κ2) is 8.74. The fourth-order valence-corrected chi connectivity index (χ4v) is 3.40. The number of amides is 1. The van der Waals surface area contributed by atoms with Crippen molar-refractivity contribution >= 4 is 47.8 Å². The molecule has 1 N–H and O–H groups in total. The van der Waals surface area contributed by atoms with Crippen LogP contribution in [0, 0.1) is 0 Å². The summed E-state index contributed by atoms with van der Waals surface area (Å²) in [5.74, 6) is 0.252. The van der Waals surface area contributed by atoms with Crippen LogP contribution in [0.1, 0.15) is 19.3 Å². The minimum atomic E-state index is 0. The maximum absolute atomic E-state index is 12.5. The molecule has 0 radical (unpaired) electrons. The lowest BCUT2D eigenvalue weighted by Gasteiger charge is -2.36. The molecule has 8 heteroatoms. The summed E-state index contributed by atoms with van der Waals surface area (Å²) in [5, 5.41) is 3.34. The normalized spacial score (nSPS) is 20.7. The lowest BCUT2D eigenvalue weighted by atomic mass is 10.0. The monoisotopic (exact) mass is 386 g/mol. The van der Waals surface area contributed by atoms with Gasteiger partial charge >= 0.3 is 0 Å².